The highest BCUT2D eigenvalue weighted by atomic mass is 32.2. The van der Waals surface area contributed by atoms with Crippen LogP contribution in [0.25, 0.3) is 6.08 Å². The van der Waals surface area contributed by atoms with Gasteiger partial charge in [0.15, 0.2) is 0 Å². The largest absolute Gasteiger partial charge is 0.488 e. The third-order valence-electron chi connectivity index (χ3n) is 4.81. The summed E-state index contributed by atoms with van der Waals surface area (Å²) in [5, 5.41) is 2.83. The van der Waals surface area contributed by atoms with E-state index < -0.39 is 0 Å². The van der Waals surface area contributed by atoms with Gasteiger partial charge in [-0.3, -0.25) is 14.5 Å². The molecule has 1 fully saturated rings. The zero-order valence-electron chi connectivity index (χ0n) is 17.1. The molecule has 1 saturated heterocycles. The lowest BCUT2D eigenvalue weighted by Crippen LogP contribution is -2.33. The Kier molecular flexibility index (Phi) is 6.38. The van der Waals surface area contributed by atoms with E-state index in [1.165, 1.54) is 4.90 Å². The summed E-state index contributed by atoms with van der Waals surface area (Å²) < 4.78 is 5.96. The van der Waals surface area contributed by atoms with Gasteiger partial charge in [0.2, 0.25) is 0 Å². The van der Waals surface area contributed by atoms with Gasteiger partial charge in [0.25, 0.3) is 11.1 Å². The quantitative estimate of drug-likeness (QED) is 0.489. The van der Waals surface area contributed by atoms with Crippen molar-refractivity contribution in [2.75, 3.05) is 12.0 Å². The standard InChI is InChI=1S/C25H22N2O3S/c1-18-11-13-21(14-12-18)26-17-27-24(28)23(31-25(27)29)15-20-9-5-6-10-22(20)30-16-19-7-3-2-4-8-19/h2-15,26H,16-17H2,1H3/b23-15+. The fraction of sp³-hybridized carbons (Fsp3) is 0.120. The van der Waals surface area contributed by atoms with Crippen LogP contribution in [0.15, 0.2) is 83.8 Å². The van der Waals surface area contributed by atoms with Crippen molar-refractivity contribution in [2.45, 2.75) is 13.5 Å². The average molecular weight is 431 g/mol. The molecule has 0 saturated carbocycles. The van der Waals surface area contributed by atoms with Crippen LogP contribution >= 0.6 is 11.8 Å². The fourth-order valence-electron chi connectivity index (χ4n) is 3.09. The van der Waals surface area contributed by atoms with Crippen LogP contribution in [-0.2, 0) is 11.4 Å². The first kappa shape index (κ1) is 20.8. The van der Waals surface area contributed by atoms with E-state index in [4.69, 9.17) is 4.74 Å². The molecule has 2 amide bonds. The number of ether oxygens (including phenoxy) is 1. The van der Waals surface area contributed by atoms with E-state index in [1.807, 2.05) is 85.8 Å². The Morgan fingerprint density at radius 3 is 2.42 bits per heavy atom. The van der Waals surface area contributed by atoms with Crippen molar-refractivity contribution < 1.29 is 14.3 Å². The van der Waals surface area contributed by atoms with Crippen LogP contribution < -0.4 is 10.1 Å². The Bertz CT molecular complexity index is 1110. The summed E-state index contributed by atoms with van der Waals surface area (Å²) in [6, 6.07) is 25.2. The van der Waals surface area contributed by atoms with Gasteiger partial charge < -0.3 is 10.1 Å². The molecular formula is C25H22N2O3S. The number of imide groups is 1. The predicted molar refractivity (Wildman–Crippen MR) is 125 cm³/mol. The molecule has 1 aliphatic heterocycles. The molecule has 0 aliphatic carbocycles. The van der Waals surface area contributed by atoms with Crippen molar-refractivity contribution in [2.24, 2.45) is 0 Å². The molecule has 0 spiro atoms. The smallest absolute Gasteiger partial charge is 0.295 e. The first-order chi connectivity index (χ1) is 15.1. The van der Waals surface area contributed by atoms with Crippen LogP contribution in [0.3, 0.4) is 0 Å². The second kappa shape index (κ2) is 9.53. The van der Waals surface area contributed by atoms with Crippen molar-refractivity contribution in [1.82, 2.24) is 4.90 Å². The maximum atomic E-state index is 12.8. The zero-order valence-corrected chi connectivity index (χ0v) is 17.9. The highest BCUT2D eigenvalue weighted by molar-refractivity contribution is 8.18. The molecule has 5 nitrogen and oxygen atoms in total. The second-order valence-corrected chi connectivity index (χ2v) is 8.12. The Hall–Kier alpha value is -3.51. The molecule has 0 bridgehead atoms. The molecule has 0 atom stereocenters. The lowest BCUT2D eigenvalue weighted by atomic mass is 10.1. The third kappa shape index (κ3) is 5.16. The number of nitrogens with one attached hydrogen (secondary N) is 1. The van der Waals surface area contributed by atoms with Crippen LogP contribution in [-0.4, -0.2) is 22.7 Å². The molecule has 0 unspecified atom stereocenters. The number of para-hydroxylation sites is 1. The normalized spacial score (nSPS) is 14.9. The SMILES string of the molecule is Cc1ccc(NCN2C(=O)S/C(=C/c3ccccc3OCc3ccccc3)C2=O)cc1. The predicted octanol–water partition coefficient (Wildman–Crippen LogP) is 5.68. The third-order valence-corrected chi connectivity index (χ3v) is 5.72. The molecule has 0 aromatic heterocycles. The Balaban J connectivity index is 1.45. The van der Waals surface area contributed by atoms with E-state index in [0.717, 1.165) is 34.1 Å². The minimum absolute atomic E-state index is 0.122. The van der Waals surface area contributed by atoms with E-state index in [-0.39, 0.29) is 17.8 Å². The number of amides is 2. The van der Waals surface area contributed by atoms with Crippen molar-refractivity contribution in [3.8, 4) is 5.75 Å². The number of carbonyl (C=O) groups excluding carboxylic acids is 2. The van der Waals surface area contributed by atoms with Gasteiger partial charge in [-0.1, -0.05) is 66.2 Å². The Morgan fingerprint density at radius 1 is 0.935 bits per heavy atom. The molecule has 156 valence electrons. The number of rotatable bonds is 7. The molecule has 3 aromatic rings. The maximum absolute atomic E-state index is 12.8. The zero-order chi connectivity index (χ0) is 21.6. The van der Waals surface area contributed by atoms with Gasteiger partial charge in [-0.25, -0.2) is 0 Å². The van der Waals surface area contributed by atoms with Crippen molar-refractivity contribution in [3.05, 3.63) is 100 Å². The van der Waals surface area contributed by atoms with E-state index in [9.17, 15) is 9.59 Å². The minimum atomic E-state index is -0.313. The number of nitrogens with zero attached hydrogens (tertiary/aromatic N) is 1. The van der Waals surface area contributed by atoms with Gasteiger partial charge >= 0.3 is 0 Å². The minimum Gasteiger partial charge on any atom is -0.488 e. The molecule has 31 heavy (non-hydrogen) atoms. The molecular weight excluding hydrogens is 408 g/mol. The molecule has 1 N–H and O–H groups in total. The van der Waals surface area contributed by atoms with Gasteiger partial charge in [-0.15, -0.1) is 0 Å². The number of anilines is 1. The van der Waals surface area contributed by atoms with E-state index in [1.54, 1.807) is 6.08 Å². The lowest BCUT2D eigenvalue weighted by Gasteiger charge is -2.14. The van der Waals surface area contributed by atoms with E-state index >= 15 is 0 Å². The summed E-state index contributed by atoms with van der Waals surface area (Å²) >= 11 is 0.940. The maximum Gasteiger partial charge on any atom is 0.295 e. The summed E-state index contributed by atoms with van der Waals surface area (Å²) in [5.41, 5.74) is 3.82. The summed E-state index contributed by atoms with van der Waals surface area (Å²) in [6.07, 6.45) is 1.72. The van der Waals surface area contributed by atoms with Crippen molar-refractivity contribution >= 4 is 34.7 Å². The van der Waals surface area contributed by atoms with Crippen molar-refractivity contribution in [1.29, 1.82) is 0 Å². The summed E-state index contributed by atoms with van der Waals surface area (Å²) in [6.45, 7) is 2.55. The second-order valence-electron chi connectivity index (χ2n) is 7.12. The molecule has 0 radical (unpaired) electrons. The van der Waals surface area contributed by atoms with Gasteiger partial charge in [0.05, 0.1) is 11.6 Å². The van der Waals surface area contributed by atoms with Crippen molar-refractivity contribution in [3.63, 3.8) is 0 Å². The van der Waals surface area contributed by atoms with Crippen LogP contribution in [0, 0.1) is 6.92 Å². The van der Waals surface area contributed by atoms with Gasteiger partial charge in [0.1, 0.15) is 12.4 Å². The fourth-order valence-corrected chi connectivity index (χ4v) is 3.92. The Labute approximate surface area is 185 Å². The van der Waals surface area contributed by atoms with Gasteiger partial charge in [0, 0.05) is 11.3 Å². The highest BCUT2D eigenvalue weighted by Crippen LogP contribution is 2.34. The summed E-state index contributed by atoms with van der Waals surface area (Å²) in [7, 11) is 0. The number of thioether (sulfide) groups is 1. The molecule has 1 aliphatic rings. The number of hydrogen-bond acceptors (Lipinski definition) is 5. The van der Waals surface area contributed by atoms with Crippen LogP contribution in [0.2, 0.25) is 0 Å². The lowest BCUT2D eigenvalue weighted by molar-refractivity contribution is -0.122. The van der Waals surface area contributed by atoms with Crippen LogP contribution in [0.4, 0.5) is 10.5 Å². The van der Waals surface area contributed by atoms with Crippen LogP contribution in [0.1, 0.15) is 16.7 Å². The molecule has 1 heterocycles. The number of hydrogen-bond donors (Lipinski definition) is 1. The number of aryl methyl sites for hydroxylation is 1. The van der Waals surface area contributed by atoms with E-state index in [0.29, 0.717) is 17.3 Å². The van der Waals surface area contributed by atoms with Gasteiger partial charge in [-0.05, 0) is 48.5 Å². The Morgan fingerprint density at radius 2 is 1.65 bits per heavy atom. The number of benzene rings is 3. The monoisotopic (exact) mass is 430 g/mol. The first-order valence-electron chi connectivity index (χ1n) is 9.92. The van der Waals surface area contributed by atoms with Gasteiger partial charge in [-0.2, -0.15) is 0 Å². The summed E-state index contributed by atoms with van der Waals surface area (Å²) in [4.78, 5) is 26.8. The topological polar surface area (TPSA) is 58.6 Å². The molecule has 6 heteroatoms. The highest BCUT2D eigenvalue weighted by Gasteiger charge is 2.35. The molecule has 3 aromatic carbocycles. The van der Waals surface area contributed by atoms with Crippen LogP contribution in [0.5, 0.6) is 5.75 Å². The molecule has 4 rings (SSSR count). The number of carbonyl (C=O) groups is 2. The first-order valence-corrected chi connectivity index (χ1v) is 10.7. The average Bonchev–Trinajstić information content (AvgIpc) is 3.06. The van der Waals surface area contributed by atoms with E-state index in [2.05, 4.69) is 5.32 Å². The summed E-state index contributed by atoms with van der Waals surface area (Å²) in [5.74, 6) is 0.350.